The number of aliphatic hydroxyl groups excluding tert-OH is 1. The van der Waals surface area contributed by atoms with Crippen LogP contribution < -0.4 is 10.9 Å². The summed E-state index contributed by atoms with van der Waals surface area (Å²) in [6.45, 7) is 1.61. The van der Waals surface area contributed by atoms with E-state index in [1.807, 2.05) is 24.3 Å². The molecule has 2 heterocycles. The van der Waals surface area contributed by atoms with Gasteiger partial charge in [0, 0.05) is 29.1 Å². The lowest BCUT2D eigenvalue weighted by molar-refractivity contribution is 0.281. The molecule has 0 saturated heterocycles. The fraction of sp³-hybridized carbons (Fsp3) is 0.429. The summed E-state index contributed by atoms with van der Waals surface area (Å²) in [5.74, 6) is 0. The van der Waals surface area contributed by atoms with Crippen molar-refractivity contribution < 1.29 is 5.11 Å². The van der Waals surface area contributed by atoms with Crippen LogP contribution in [0, 0.1) is 0 Å². The minimum Gasteiger partial charge on any atom is -0.396 e. The van der Waals surface area contributed by atoms with Gasteiger partial charge in [-0.25, -0.2) is 4.98 Å². The van der Waals surface area contributed by atoms with Crippen molar-refractivity contribution in [2.24, 2.45) is 0 Å². The smallest absolute Gasteiger partial charge is 0.262 e. The predicted molar refractivity (Wildman–Crippen MR) is 115 cm³/mol. The first-order chi connectivity index (χ1) is 13.7. The molecule has 1 unspecified atom stereocenters. The van der Waals surface area contributed by atoms with Crippen molar-refractivity contribution in [2.45, 2.75) is 44.7 Å². The average molecular weight is 418 g/mol. The lowest BCUT2D eigenvalue weighted by atomic mass is 9.93. The lowest BCUT2D eigenvalue weighted by Crippen LogP contribution is -2.35. The molecule has 1 atom stereocenters. The van der Waals surface area contributed by atoms with Crippen LogP contribution >= 0.6 is 22.9 Å². The van der Waals surface area contributed by atoms with Crippen LogP contribution in [0.5, 0.6) is 0 Å². The number of aryl methyl sites for hydroxylation is 3. The minimum atomic E-state index is 0.0567. The molecule has 7 heteroatoms. The molecule has 28 heavy (non-hydrogen) atoms. The molecule has 4 rings (SSSR count). The number of halogens is 1. The van der Waals surface area contributed by atoms with Gasteiger partial charge in [0.1, 0.15) is 4.83 Å². The molecule has 0 radical (unpaired) electrons. The van der Waals surface area contributed by atoms with Gasteiger partial charge in [-0.3, -0.25) is 9.36 Å². The van der Waals surface area contributed by atoms with Crippen LogP contribution in [0.1, 0.15) is 28.8 Å². The quantitative estimate of drug-likeness (QED) is 0.579. The third-order valence-corrected chi connectivity index (χ3v) is 6.91. The summed E-state index contributed by atoms with van der Waals surface area (Å²) in [6.07, 6.45) is 5.99. The van der Waals surface area contributed by atoms with Gasteiger partial charge in [-0.1, -0.05) is 29.8 Å². The van der Waals surface area contributed by atoms with E-state index in [0.717, 1.165) is 53.0 Å². The van der Waals surface area contributed by atoms with Gasteiger partial charge in [-0.2, -0.15) is 0 Å². The maximum atomic E-state index is 13.1. The molecule has 0 aliphatic heterocycles. The summed E-state index contributed by atoms with van der Waals surface area (Å²) in [5.41, 5.74) is 2.28. The van der Waals surface area contributed by atoms with E-state index >= 15 is 0 Å². The molecule has 1 aliphatic rings. The largest absolute Gasteiger partial charge is 0.396 e. The van der Waals surface area contributed by atoms with Crippen molar-refractivity contribution in [3.63, 3.8) is 0 Å². The third kappa shape index (κ3) is 4.01. The Bertz CT molecular complexity index is 1030. The molecule has 3 aromatic rings. The van der Waals surface area contributed by atoms with Crippen LogP contribution in [-0.4, -0.2) is 33.9 Å². The van der Waals surface area contributed by atoms with Gasteiger partial charge in [0.15, 0.2) is 0 Å². The van der Waals surface area contributed by atoms with E-state index in [4.69, 9.17) is 16.7 Å². The van der Waals surface area contributed by atoms with Gasteiger partial charge in [0.25, 0.3) is 5.56 Å². The van der Waals surface area contributed by atoms with E-state index < -0.39 is 0 Å². The number of benzene rings is 1. The second kappa shape index (κ2) is 8.74. The molecule has 1 aliphatic carbocycles. The number of nitrogens with zero attached hydrogens (tertiary/aromatic N) is 2. The van der Waals surface area contributed by atoms with E-state index in [1.165, 1.54) is 10.4 Å². The van der Waals surface area contributed by atoms with Crippen LogP contribution in [0.25, 0.3) is 10.2 Å². The molecule has 0 bridgehead atoms. The second-order valence-electron chi connectivity index (χ2n) is 7.24. The first-order valence-corrected chi connectivity index (χ1v) is 10.9. The number of aliphatic hydroxyl groups is 1. The molecule has 0 fully saturated rings. The summed E-state index contributed by atoms with van der Waals surface area (Å²) in [4.78, 5) is 19.8. The molecule has 5 nitrogen and oxygen atoms in total. The summed E-state index contributed by atoms with van der Waals surface area (Å²) >= 11 is 7.89. The zero-order valence-corrected chi connectivity index (χ0v) is 17.2. The Hall–Kier alpha value is -1.73. The standard InChI is InChI=1S/C21H24ClN3O2S/c22-17-5-2-1-4-14(17)8-10-25-13-24-20-19(21(25)27)16-7-6-15(12-18(16)28-20)23-9-3-11-26/h1-2,4-5,13,15,23,26H,3,6-12H2. The van der Waals surface area contributed by atoms with Gasteiger partial charge < -0.3 is 10.4 Å². The van der Waals surface area contributed by atoms with Crippen molar-refractivity contribution >= 4 is 33.2 Å². The molecule has 0 amide bonds. The number of rotatable bonds is 7. The topological polar surface area (TPSA) is 67.2 Å². The van der Waals surface area contributed by atoms with Crippen molar-refractivity contribution in [1.82, 2.24) is 14.9 Å². The normalized spacial score (nSPS) is 16.4. The highest BCUT2D eigenvalue weighted by Gasteiger charge is 2.24. The summed E-state index contributed by atoms with van der Waals surface area (Å²) in [7, 11) is 0. The fourth-order valence-electron chi connectivity index (χ4n) is 3.86. The molecule has 2 aromatic heterocycles. The van der Waals surface area contributed by atoms with E-state index in [0.29, 0.717) is 19.0 Å². The van der Waals surface area contributed by atoms with Crippen LogP contribution in [0.2, 0.25) is 5.02 Å². The summed E-state index contributed by atoms with van der Waals surface area (Å²) in [6, 6.07) is 8.16. The predicted octanol–water partition coefficient (Wildman–Crippen LogP) is 3.18. The minimum absolute atomic E-state index is 0.0567. The van der Waals surface area contributed by atoms with E-state index in [1.54, 1.807) is 22.2 Å². The number of hydrogen-bond donors (Lipinski definition) is 2. The molecule has 148 valence electrons. The van der Waals surface area contributed by atoms with Crippen LogP contribution in [0.4, 0.5) is 0 Å². The second-order valence-corrected chi connectivity index (χ2v) is 8.73. The maximum absolute atomic E-state index is 13.1. The number of fused-ring (bicyclic) bond motifs is 3. The number of hydrogen-bond acceptors (Lipinski definition) is 5. The number of aromatic nitrogens is 2. The molecule has 1 aromatic carbocycles. The van der Waals surface area contributed by atoms with Gasteiger partial charge in [-0.05, 0) is 55.8 Å². The van der Waals surface area contributed by atoms with Crippen molar-refractivity contribution in [1.29, 1.82) is 0 Å². The fourth-order valence-corrected chi connectivity index (χ4v) is 5.35. The Morgan fingerprint density at radius 1 is 1.36 bits per heavy atom. The van der Waals surface area contributed by atoms with E-state index in [9.17, 15) is 4.79 Å². The Morgan fingerprint density at radius 2 is 2.21 bits per heavy atom. The van der Waals surface area contributed by atoms with Gasteiger partial charge in [0.2, 0.25) is 0 Å². The van der Waals surface area contributed by atoms with Gasteiger partial charge >= 0.3 is 0 Å². The lowest BCUT2D eigenvalue weighted by Gasteiger charge is -2.23. The zero-order valence-electron chi connectivity index (χ0n) is 15.7. The van der Waals surface area contributed by atoms with Crippen molar-refractivity contribution in [3.8, 4) is 0 Å². The Labute approximate surface area is 173 Å². The summed E-state index contributed by atoms with van der Waals surface area (Å²) < 4.78 is 1.71. The zero-order chi connectivity index (χ0) is 19.5. The maximum Gasteiger partial charge on any atom is 0.262 e. The van der Waals surface area contributed by atoms with Gasteiger partial charge in [-0.15, -0.1) is 11.3 Å². The highest BCUT2D eigenvalue weighted by molar-refractivity contribution is 7.18. The average Bonchev–Trinajstić information content (AvgIpc) is 3.07. The van der Waals surface area contributed by atoms with Gasteiger partial charge in [0.05, 0.1) is 11.7 Å². The van der Waals surface area contributed by atoms with Crippen molar-refractivity contribution in [3.05, 3.63) is 62.0 Å². The number of nitrogens with one attached hydrogen (secondary N) is 1. The monoisotopic (exact) mass is 417 g/mol. The van der Waals surface area contributed by atoms with Crippen molar-refractivity contribution in [2.75, 3.05) is 13.2 Å². The molecule has 0 spiro atoms. The molecule has 0 saturated carbocycles. The molecular weight excluding hydrogens is 394 g/mol. The Balaban J connectivity index is 1.55. The summed E-state index contributed by atoms with van der Waals surface area (Å²) in [5, 5.41) is 14.0. The first-order valence-electron chi connectivity index (χ1n) is 9.74. The van der Waals surface area contributed by atoms with E-state index in [-0.39, 0.29) is 12.2 Å². The third-order valence-electron chi connectivity index (χ3n) is 5.38. The van der Waals surface area contributed by atoms with Crippen LogP contribution in [-0.2, 0) is 25.8 Å². The van der Waals surface area contributed by atoms with Crippen LogP contribution in [0.3, 0.4) is 0 Å². The Kier molecular flexibility index (Phi) is 6.11. The van der Waals surface area contributed by atoms with E-state index in [2.05, 4.69) is 10.3 Å². The number of thiophene rings is 1. The molecule has 2 N–H and O–H groups in total. The highest BCUT2D eigenvalue weighted by atomic mass is 35.5. The Morgan fingerprint density at radius 3 is 3.04 bits per heavy atom. The highest BCUT2D eigenvalue weighted by Crippen LogP contribution is 2.33. The van der Waals surface area contributed by atoms with Crippen LogP contribution in [0.15, 0.2) is 35.4 Å². The first kappa shape index (κ1) is 19.6. The molecular formula is C21H24ClN3O2S. The SMILES string of the molecule is O=c1c2c3c(sc2ncn1CCc1ccccc1Cl)CC(NCCCO)CC3.